The molecule has 3 aromatic heterocycles. The van der Waals surface area contributed by atoms with Crippen LogP contribution in [0.5, 0.6) is 0 Å². The van der Waals surface area contributed by atoms with Crippen LogP contribution in [-0.2, 0) is 12.2 Å². The number of thiazole rings is 1. The van der Waals surface area contributed by atoms with Crippen molar-refractivity contribution in [3.05, 3.63) is 63.8 Å². The molecule has 0 aliphatic heterocycles. The molecule has 4 aromatic rings. The van der Waals surface area contributed by atoms with Gasteiger partial charge < -0.3 is 8.83 Å². The second-order valence-electron chi connectivity index (χ2n) is 5.80. The smallest absolute Gasteiger partial charge is 0.276 e. The van der Waals surface area contributed by atoms with E-state index in [9.17, 15) is 0 Å². The SMILES string of the molecule is Cc1ccc(-c2nc(CSc3nnc(Cc4csc(C)n4)o3)co2)cc1. The molecule has 0 spiro atoms. The van der Waals surface area contributed by atoms with Crippen LogP contribution in [0.1, 0.15) is 27.8 Å². The van der Waals surface area contributed by atoms with Crippen LogP contribution >= 0.6 is 23.1 Å². The van der Waals surface area contributed by atoms with Gasteiger partial charge in [-0.2, -0.15) is 0 Å². The Bertz CT molecular complexity index is 1000. The van der Waals surface area contributed by atoms with E-state index in [-0.39, 0.29) is 0 Å². The van der Waals surface area contributed by atoms with Gasteiger partial charge in [-0.15, -0.1) is 21.5 Å². The first kappa shape index (κ1) is 17.0. The molecule has 0 fully saturated rings. The van der Waals surface area contributed by atoms with Gasteiger partial charge in [0.1, 0.15) is 6.26 Å². The van der Waals surface area contributed by atoms with Crippen molar-refractivity contribution in [3.8, 4) is 11.5 Å². The Kier molecular flexibility index (Phi) is 4.85. The third-order valence-corrected chi connectivity index (χ3v) is 5.32. The molecule has 0 aliphatic rings. The molecule has 26 heavy (non-hydrogen) atoms. The molecular weight excluding hydrogens is 368 g/mol. The summed E-state index contributed by atoms with van der Waals surface area (Å²) in [5, 5.41) is 11.7. The summed E-state index contributed by atoms with van der Waals surface area (Å²) >= 11 is 3.05. The van der Waals surface area contributed by atoms with Crippen molar-refractivity contribution in [3.63, 3.8) is 0 Å². The van der Waals surface area contributed by atoms with Crippen molar-refractivity contribution in [2.45, 2.75) is 31.2 Å². The van der Waals surface area contributed by atoms with Gasteiger partial charge in [-0.3, -0.25) is 0 Å². The van der Waals surface area contributed by atoms with Crippen LogP contribution in [0, 0.1) is 13.8 Å². The first-order valence-corrected chi connectivity index (χ1v) is 9.90. The first-order chi connectivity index (χ1) is 12.7. The lowest BCUT2D eigenvalue weighted by atomic mass is 10.1. The standard InChI is InChI=1S/C18H16N4O2S2/c1-11-3-5-13(6-4-11)17-20-15(8-23-17)10-26-18-22-21-16(24-18)7-14-9-25-12(2)19-14/h3-6,8-9H,7,10H2,1-2H3. The summed E-state index contributed by atoms with van der Waals surface area (Å²) in [6, 6.07) is 8.08. The first-order valence-electron chi connectivity index (χ1n) is 8.03. The molecule has 0 unspecified atom stereocenters. The highest BCUT2D eigenvalue weighted by Gasteiger charge is 2.12. The van der Waals surface area contributed by atoms with Gasteiger partial charge in [0.15, 0.2) is 0 Å². The van der Waals surface area contributed by atoms with Crippen LogP contribution in [0.2, 0.25) is 0 Å². The predicted molar refractivity (Wildman–Crippen MR) is 100 cm³/mol. The summed E-state index contributed by atoms with van der Waals surface area (Å²) in [6.45, 7) is 4.03. The molecule has 132 valence electrons. The second kappa shape index (κ2) is 7.43. The second-order valence-corrected chi connectivity index (χ2v) is 7.78. The van der Waals surface area contributed by atoms with E-state index in [1.165, 1.54) is 17.3 Å². The molecule has 8 heteroatoms. The summed E-state index contributed by atoms with van der Waals surface area (Å²) in [4.78, 5) is 8.92. The molecule has 0 saturated carbocycles. The fourth-order valence-electron chi connectivity index (χ4n) is 2.35. The topological polar surface area (TPSA) is 77.8 Å². The maximum absolute atomic E-state index is 5.67. The number of aryl methyl sites for hydroxylation is 2. The highest BCUT2D eigenvalue weighted by molar-refractivity contribution is 7.98. The van der Waals surface area contributed by atoms with Gasteiger partial charge in [-0.25, -0.2) is 9.97 Å². The van der Waals surface area contributed by atoms with E-state index in [1.54, 1.807) is 17.6 Å². The molecule has 3 heterocycles. The Morgan fingerprint density at radius 1 is 1.04 bits per heavy atom. The third-order valence-electron chi connectivity index (χ3n) is 3.64. The zero-order valence-electron chi connectivity index (χ0n) is 14.3. The lowest BCUT2D eigenvalue weighted by Gasteiger charge is -1.95. The maximum atomic E-state index is 5.67. The number of benzene rings is 1. The zero-order chi connectivity index (χ0) is 17.9. The molecule has 0 bridgehead atoms. The average Bonchev–Trinajstić information content (AvgIpc) is 3.36. The van der Waals surface area contributed by atoms with Crippen LogP contribution in [0.4, 0.5) is 0 Å². The fourth-order valence-corrected chi connectivity index (χ4v) is 3.62. The molecule has 0 radical (unpaired) electrons. The Hall–Kier alpha value is -2.45. The van der Waals surface area contributed by atoms with Crippen LogP contribution in [0.3, 0.4) is 0 Å². The Morgan fingerprint density at radius 2 is 1.88 bits per heavy atom. The van der Waals surface area contributed by atoms with Crippen LogP contribution in [0.15, 0.2) is 50.0 Å². The molecular formula is C18H16N4O2S2. The Morgan fingerprint density at radius 3 is 2.65 bits per heavy atom. The molecule has 0 N–H and O–H groups in total. The maximum Gasteiger partial charge on any atom is 0.276 e. The molecule has 0 aliphatic carbocycles. The van der Waals surface area contributed by atoms with E-state index >= 15 is 0 Å². The van der Waals surface area contributed by atoms with Crippen LogP contribution in [-0.4, -0.2) is 20.2 Å². The summed E-state index contributed by atoms with van der Waals surface area (Å²) in [5.41, 5.74) is 3.95. The van der Waals surface area contributed by atoms with Crippen molar-refractivity contribution in [2.24, 2.45) is 0 Å². The van der Waals surface area contributed by atoms with Gasteiger partial charge in [0.05, 0.1) is 22.8 Å². The number of hydrogen-bond acceptors (Lipinski definition) is 8. The Balaban J connectivity index is 1.36. The van der Waals surface area contributed by atoms with Crippen LogP contribution in [0.25, 0.3) is 11.5 Å². The summed E-state index contributed by atoms with van der Waals surface area (Å²) < 4.78 is 11.2. The zero-order valence-corrected chi connectivity index (χ0v) is 15.9. The highest BCUT2D eigenvalue weighted by atomic mass is 32.2. The van der Waals surface area contributed by atoms with E-state index in [4.69, 9.17) is 8.83 Å². The third kappa shape index (κ3) is 4.03. The molecule has 6 nitrogen and oxygen atoms in total. The van der Waals surface area contributed by atoms with Gasteiger partial charge >= 0.3 is 0 Å². The quantitative estimate of drug-likeness (QED) is 0.447. The fraction of sp³-hybridized carbons (Fsp3) is 0.222. The van der Waals surface area contributed by atoms with Crippen molar-refractivity contribution in [1.82, 2.24) is 20.2 Å². The van der Waals surface area contributed by atoms with Gasteiger partial charge in [0.2, 0.25) is 11.8 Å². The lowest BCUT2D eigenvalue weighted by molar-refractivity contribution is 0.419. The summed E-state index contributed by atoms with van der Waals surface area (Å²) in [5.74, 6) is 1.79. The summed E-state index contributed by atoms with van der Waals surface area (Å²) in [6.07, 6.45) is 2.22. The van der Waals surface area contributed by atoms with Crippen molar-refractivity contribution in [1.29, 1.82) is 0 Å². The number of rotatable bonds is 6. The van der Waals surface area contributed by atoms with E-state index in [0.29, 0.717) is 29.2 Å². The van der Waals surface area contributed by atoms with E-state index in [1.807, 2.05) is 36.6 Å². The van der Waals surface area contributed by atoms with Gasteiger partial charge in [-0.1, -0.05) is 29.5 Å². The van der Waals surface area contributed by atoms with Gasteiger partial charge in [0, 0.05) is 16.7 Å². The normalized spacial score (nSPS) is 11.2. The minimum absolute atomic E-state index is 0.520. The molecule has 0 saturated heterocycles. The van der Waals surface area contributed by atoms with Crippen molar-refractivity contribution >= 4 is 23.1 Å². The molecule has 0 amide bonds. The number of aromatic nitrogens is 4. The number of oxazole rings is 1. The van der Waals surface area contributed by atoms with E-state index in [0.717, 1.165) is 22.0 Å². The summed E-state index contributed by atoms with van der Waals surface area (Å²) in [7, 11) is 0. The largest absolute Gasteiger partial charge is 0.444 e. The lowest BCUT2D eigenvalue weighted by Crippen LogP contribution is -1.88. The monoisotopic (exact) mass is 384 g/mol. The van der Waals surface area contributed by atoms with Crippen molar-refractivity contribution < 1.29 is 8.83 Å². The minimum atomic E-state index is 0.520. The predicted octanol–water partition coefficient (Wildman–Crippen LogP) is 4.68. The number of hydrogen-bond donors (Lipinski definition) is 0. The minimum Gasteiger partial charge on any atom is -0.444 e. The highest BCUT2D eigenvalue weighted by Crippen LogP contribution is 2.25. The molecule has 1 aromatic carbocycles. The van der Waals surface area contributed by atoms with E-state index < -0.39 is 0 Å². The molecule has 0 atom stereocenters. The average molecular weight is 384 g/mol. The van der Waals surface area contributed by atoms with Crippen LogP contribution < -0.4 is 0 Å². The Labute approximate surface area is 158 Å². The van der Waals surface area contributed by atoms with E-state index in [2.05, 4.69) is 27.1 Å². The van der Waals surface area contributed by atoms with Crippen molar-refractivity contribution in [2.75, 3.05) is 0 Å². The van der Waals surface area contributed by atoms with Gasteiger partial charge in [0.25, 0.3) is 5.22 Å². The number of thioether (sulfide) groups is 1. The van der Waals surface area contributed by atoms with Gasteiger partial charge in [-0.05, 0) is 26.0 Å². The molecule has 4 rings (SSSR count). The number of nitrogens with zero attached hydrogens (tertiary/aromatic N) is 4.